The van der Waals surface area contributed by atoms with Gasteiger partial charge in [-0.05, 0) is 89.9 Å². The SMILES string of the molecule is CC/C=C\C/C=C\C/C=C\C/C=C\CCCCCCCCC(=O)OC1C(OCC(COC(=O)CCCCCCC/C=C\C/C=C\C/C=C\CC)OC(=O)CCCCCCCCCCCCC)OC(C(=O)O)C(O)C1O. The molecule has 1 aliphatic rings. The summed E-state index contributed by atoms with van der Waals surface area (Å²) >= 11 is 0. The predicted octanol–water partition coefficient (Wildman–Crippen LogP) is 15.1. The number of hydrogen-bond acceptors (Lipinski definition) is 11. The van der Waals surface area contributed by atoms with Crippen molar-refractivity contribution in [2.45, 2.75) is 276 Å². The zero-order chi connectivity index (χ0) is 54.7. The van der Waals surface area contributed by atoms with Crippen LogP contribution in [0, 0.1) is 0 Å². The number of aliphatic hydroxyl groups excluding tert-OH is 2. The maximum Gasteiger partial charge on any atom is 0.335 e. The number of aliphatic hydroxyl groups is 2. The number of ether oxygens (including phenoxy) is 5. The molecule has 0 radical (unpaired) electrons. The Kier molecular flexibility index (Phi) is 46.6. The van der Waals surface area contributed by atoms with E-state index in [4.69, 9.17) is 23.7 Å². The fraction of sp³-hybridized carbons (Fsp3) is 0.714. The van der Waals surface area contributed by atoms with Gasteiger partial charge in [0.15, 0.2) is 24.6 Å². The number of unbranched alkanes of at least 4 members (excludes halogenated alkanes) is 21. The number of rotatable bonds is 49. The van der Waals surface area contributed by atoms with Gasteiger partial charge in [-0.3, -0.25) is 14.4 Å². The van der Waals surface area contributed by atoms with Crippen LogP contribution >= 0.6 is 0 Å². The summed E-state index contributed by atoms with van der Waals surface area (Å²) in [5.41, 5.74) is 0. The highest BCUT2D eigenvalue weighted by Gasteiger charge is 2.50. The first-order valence-corrected chi connectivity index (χ1v) is 29.6. The van der Waals surface area contributed by atoms with Crippen molar-refractivity contribution in [3.8, 4) is 0 Å². The minimum absolute atomic E-state index is 0.0404. The van der Waals surface area contributed by atoms with Crippen LogP contribution in [-0.4, -0.2) is 89.2 Å². The quantitative estimate of drug-likeness (QED) is 0.0228. The van der Waals surface area contributed by atoms with Gasteiger partial charge in [0.2, 0.25) is 0 Å². The maximum absolute atomic E-state index is 13.1. The molecule has 0 aliphatic carbocycles. The van der Waals surface area contributed by atoms with Gasteiger partial charge in [0.05, 0.1) is 6.61 Å². The largest absolute Gasteiger partial charge is 0.479 e. The number of carbonyl (C=O) groups excluding carboxylic acids is 3. The van der Waals surface area contributed by atoms with Crippen LogP contribution in [0.2, 0.25) is 0 Å². The molecule has 75 heavy (non-hydrogen) atoms. The summed E-state index contributed by atoms with van der Waals surface area (Å²) in [6, 6.07) is 0. The van der Waals surface area contributed by atoms with Crippen LogP contribution in [0.3, 0.4) is 0 Å². The van der Waals surface area contributed by atoms with Crippen LogP contribution in [0.25, 0.3) is 0 Å². The smallest absolute Gasteiger partial charge is 0.335 e. The van der Waals surface area contributed by atoms with E-state index in [0.29, 0.717) is 19.3 Å². The molecule has 0 aromatic carbocycles. The van der Waals surface area contributed by atoms with Gasteiger partial charge in [-0.25, -0.2) is 4.79 Å². The number of aliphatic carboxylic acids is 1. The lowest BCUT2D eigenvalue weighted by atomic mass is 9.98. The van der Waals surface area contributed by atoms with Crippen molar-refractivity contribution in [2.24, 2.45) is 0 Å². The topological polar surface area (TPSA) is 175 Å². The van der Waals surface area contributed by atoms with E-state index in [1.54, 1.807) is 0 Å². The molecule has 0 amide bonds. The molecule has 0 spiro atoms. The summed E-state index contributed by atoms with van der Waals surface area (Å²) in [6.07, 6.45) is 52.6. The minimum atomic E-state index is -1.91. The van der Waals surface area contributed by atoms with Crippen LogP contribution in [0.15, 0.2) is 85.1 Å². The van der Waals surface area contributed by atoms with Crippen molar-refractivity contribution in [2.75, 3.05) is 13.2 Å². The number of carboxylic acids is 1. The van der Waals surface area contributed by atoms with E-state index in [1.807, 2.05) is 0 Å². The third-order valence-corrected chi connectivity index (χ3v) is 13.0. The lowest BCUT2D eigenvalue weighted by Gasteiger charge is -2.40. The molecule has 3 N–H and O–H groups in total. The second-order valence-electron chi connectivity index (χ2n) is 19.9. The minimum Gasteiger partial charge on any atom is -0.479 e. The van der Waals surface area contributed by atoms with Crippen LogP contribution < -0.4 is 0 Å². The Balaban J connectivity index is 2.68. The van der Waals surface area contributed by atoms with Crippen LogP contribution in [0.4, 0.5) is 0 Å². The molecule has 428 valence electrons. The summed E-state index contributed by atoms with van der Waals surface area (Å²) in [7, 11) is 0. The Bertz CT molecular complexity index is 1630. The predicted molar refractivity (Wildman–Crippen MR) is 303 cm³/mol. The molecule has 12 nitrogen and oxygen atoms in total. The Morgan fingerprint density at radius 3 is 1.28 bits per heavy atom. The highest BCUT2D eigenvalue weighted by Crippen LogP contribution is 2.26. The average Bonchev–Trinajstić information content (AvgIpc) is 3.39. The van der Waals surface area contributed by atoms with E-state index in [0.717, 1.165) is 135 Å². The second-order valence-corrected chi connectivity index (χ2v) is 19.9. The summed E-state index contributed by atoms with van der Waals surface area (Å²) in [5, 5.41) is 31.5. The fourth-order valence-corrected chi connectivity index (χ4v) is 8.49. The molecule has 0 aromatic heterocycles. The molecule has 0 bridgehead atoms. The third-order valence-electron chi connectivity index (χ3n) is 13.0. The van der Waals surface area contributed by atoms with Crippen molar-refractivity contribution >= 4 is 23.9 Å². The molecular weight excluding hydrogens is 949 g/mol. The highest BCUT2D eigenvalue weighted by atomic mass is 16.7. The molecule has 1 rings (SSSR count). The molecule has 0 saturated carbocycles. The van der Waals surface area contributed by atoms with Gasteiger partial charge in [-0.2, -0.15) is 0 Å². The first-order valence-electron chi connectivity index (χ1n) is 29.6. The van der Waals surface area contributed by atoms with E-state index in [1.165, 1.54) is 44.9 Å². The van der Waals surface area contributed by atoms with Gasteiger partial charge in [0.25, 0.3) is 0 Å². The Morgan fingerprint density at radius 1 is 0.453 bits per heavy atom. The van der Waals surface area contributed by atoms with Gasteiger partial charge in [-0.15, -0.1) is 0 Å². The summed E-state index contributed by atoms with van der Waals surface area (Å²) in [5.74, 6) is -3.16. The summed E-state index contributed by atoms with van der Waals surface area (Å²) in [4.78, 5) is 51.1. The van der Waals surface area contributed by atoms with Crippen molar-refractivity contribution in [1.82, 2.24) is 0 Å². The van der Waals surface area contributed by atoms with Crippen LogP contribution in [-0.2, 0) is 42.9 Å². The van der Waals surface area contributed by atoms with Gasteiger partial charge in [-0.1, -0.05) is 215 Å². The third kappa shape index (κ3) is 40.8. The van der Waals surface area contributed by atoms with E-state index >= 15 is 0 Å². The standard InChI is InChI=1S/C63H104O12/c1-4-7-10-13-16-19-22-24-26-27-28-29-31-33-36-39-42-45-48-51-57(66)74-61-59(68)58(67)60(62(69)70)75-63(61)72-53-54(73-56(65)50-47-44-41-38-34-21-18-15-12-9-6-3)52-71-55(64)49-46-43-40-37-35-32-30-25-23-20-17-14-11-8-5-2/h7-8,10-11,16-17,19-20,24-26,28-30,54,58-61,63,67-68H,4-6,9,12-15,18,21-23,27,31-53H2,1-3H3,(H,69,70)/b10-7-,11-8-,19-16-,20-17-,26-24-,29-28-,30-25-. The first-order chi connectivity index (χ1) is 36.6. The molecule has 1 fully saturated rings. The lowest BCUT2D eigenvalue weighted by Crippen LogP contribution is -2.61. The second kappa shape index (κ2) is 50.7. The summed E-state index contributed by atoms with van der Waals surface area (Å²) in [6.45, 7) is 5.74. The van der Waals surface area contributed by atoms with Crippen LogP contribution in [0.5, 0.6) is 0 Å². The number of carboxylic acid groups (broad SMARTS) is 1. The number of carbonyl (C=O) groups is 4. The molecular formula is C63H104O12. The molecule has 12 heteroatoms. The fourth-order valence-electron chi connectivity index (χ4n) is 8.49. The van der Waals surface area contributed by atoms with E-state index < -0.39 is 67.3 Å². The lowest BCUT2D eigenvalue weighted by molar-refractivity contribution is -0.301. The average molecular weight is 1050 g/mol. The first kappa shape index (κ1) is 68.9. The van der Waals surface area contributed by atoms with Gasteiger partial charge >= 0.3 is 23.9 Å². The Labute approximate surface area is 454 Å². The summed E-state index contributed by atoms with van der Waals surface area (Å²) < 4.78 is 28.4. The molecule has 1 heterocycles. The Hall–Kier alpha value is -4.10. The zero-order valence-corrected chi connectivity index (χ0v) is 47.0. The number of esters is 3. The highest BCUT2D eigenvalue weighted by molar-refractivity contribution is 5.74. The van der Waals surface area contributed by atoms with Gasteiger partial charge < -0.3 is 39.0 Å². The van der Waals surface area contributed by atoms with Crippen molar-refractivity contribution in [3.05, 3.63) is 85.1 Å². The van der Waals surface area contributed by atoms with Crippen molar-refractivity contribution in [1.29, 1.82) is 0 Å². The molecule has 0 aromatic rings. The monoisotopic (exact) mass is 1050 g/mol. The molecule has 6 atom stereocenters. The number of hydrogen-bond donors (Lipinski definition) is 3. The Morgan fingerprint density at radius 2 is 0.840 bits per heavy atom. The van der Waals surface area contributed by atoms with E-state index in [9.17, 15) is 34.5 Å². The van der Waals surface area contributed by atoms with E-state index in [-0.39, 0.29) is 25.9 Å². The van der Waals surface area contributed by atoms with Gasteiger partial charge in [0, 0.05) is 19.3 Å². The van der Waals surface area contributed by atoms with E-state index in [2.05, 4.69) is 106 Å². The molecule has 6 unspecified atom stereocenters. The zero-order valence-electron chi connectivity index (χ0n) is 47.0. The van der Waals surface area contributed by atoms with Gasteiger partial charge in [0.1, 0.15) is 18.8 Å². The van der Waals surface area contributed by atoms with Crippen molar-refractivity contribution < 1.29 is 58.2 Å². The number of allylic oxidation sites excluding steroid dienone is 14. The van der Waals surface area contributed by atoms with Crippen LogP contribution in [0.1, 0.15) is 239 Å². The van der Waals surface area contributed by atoms with Crippen molar-refractivity contribution in [3.63, 3.8) is 0 Å². The molecule has 1 aliphatic heterocycles. The maximum atomic E-state index is 13.1. The molecule has 1 saturated heterocycles. The normalized spacial score (nSPS) is 18.8.